The first-order valence-electron chi connectivity index (χ1n) is 11.2. The first kappa shape index (κ1) is 23.1. The van der Waals surface area contributed by atoms with Crippen molar-refractivity contribution in [2.45, 2.75) is 89.8 Å². The Morgan fingerprint density at radius 1 is 1.14 bits per heavy atom. The van der Waals surface area contributed by atoms with Crippen LogP contribution < -0.4 is 0 Å². The smallest absolute Gasteiger partial charge is 0.305 e. The highest BCUT2D eigenvalue weighted by atomic mass is 16.7. The molecule has 1 aliphatic heterocycles. The van der Waals surface area contributed by atoms with Crippen molar-refractivity contribution >= 4 is 11.8 Å². The lowest BCUT2D eigenvalue weighted by Crippen LogP contribution is -2.27. The molecule has 1 heterocycles. The van der Waals surface area contributed by atoms with Gasteiger partial charge in [0, 0.05) is 25.2 Å². The Morgan fingerprint density at radius 3 is 2.61 bits per heavy atom. The summed E-state index contributed by atoms with van der Waals surface area (Å²) in [5, 5.41) is 0. The highest BCUT2D eigenvalue weighted by molar-refractivity contribution is 5.83. The second kappa shape index (κ2) is 12.4. The molecule has 0 radical (unpaired) electrons. The molecule has 0 aromatic rings. The molecule has 0 amide bonds. The summed E-state index contributed by atoms with van der Waals surface area (Å²) in [7, 11) is 1.43. The van der Waals surface area contributed by atoms with Crippen LogP contribution in [0, 0.1) is 11.8 Å². The standard InChI is InChI=1S/C23H38O5/c1-3-4-9-15-23(27-17-18-28-23)16-14-19-12-13-21(24)20(19)10-7-5-6-8-11-22(25)26-2/h14,16,19-20H,3-13,15,17-18H2,1-2H3/t19-,20-/m1/s1. The molecule has 5 nitrogen and oxygen atoms in total. The Labute approximate surface area is 170 Å². The fourth-order valence-electron chi connectivity index (χ4n) is 4.31. The molecule has 0 spiro atoms. The molecule has 1 saturated carbocycles. The third-order valence-corrected chi connectivity index (χ3v) is 6.03. The topological polar surface area (TPSA) is 61.8 Å². The van der Waals surface area contributed by atoms with Crippen molar-refractivity contribution in [3.05, 3.63) is 12.2 Å². The fraction of sp³-hybridized carbons (Fsp3) is 0.826. The van der Waals surface area contributed by atoms with Gasteiger partial charge in [0.1, 0.15) is 5.78 Å². The molecule has 5 heteroatoms. The number of hydrogen-bond donors (Lipinski definition) is 0. The van der Waals surface area contributed by atoms with Gasteiger partial charge in [-0.05, 0) is 37.7 Å². The van der Waals surface area contributed by atoms with E-state index in [2.05, 4.69) is 23.8 Å². The summed E-state index contributed by atoms with van der Waals surface area (Å²) in [6, 6.07) is 0. The van der Waals surface area contributed by atoms with Gasteiger partial charge in [-0.2, -0.15) is 0 Å². The Morgan fingerprint density at radius 2 is 1.89 bits per heavy atom. The number of Topliss-reactive ketones (excluding diaryl/α,β-unsaturated/α-hetero) is 1. The SMILES string of the molecule is CCCCCC1(C=C[C@H]2CCC(=O)[C@@H]2CCCCCCC(=O)OC)OCCO1. The van der Waals surface area contributed by atoms with Crippen LogP contribution >= 0.6 is 0 Å². The first-order chi connectivity index (χ1) is 13.6. The lowest BCUT2D eigenvalue weighted by atomic mass is 9.89. The fourth-order valence-corrected chi connectivity index (χ4v) is 4.31. The number of esters is 1. The average molecular weight is 395 g/mol. The number of unbranched alkanes of at least 4 members (excludes halogenated alkanes) is 5. The zero-order valence-corrected chi connectivity index (χ0v) is 17.8. The van der Waals surface area contributed by atoms with Crippen molar-refractivity contribution in [1.29, 1.82) is 0 Å². The molecule has 2 atom stereocenters. The predicted molar refractivity (Wildman–Crippen MR) is 109 cm³/mol. The van der Waals surface area contributed by atoms with E-state index in [1.165, 1.54) is 20.0 Å². The van der Waals surface area contributed by atoms with Crippen LogP contribution in [-0.2, 0) is 23.8 Å². The van der Waals surface area contributed by atoms with E-state index in [1.54, 1.807) is 0 Å². The van der Waals surface area contributed by atoms with Crippen LogP contribution in [0.3, 0.4) is 0 Å². The van der Waals surface area contributed by atoms with E-state index >= 15 is 0 Å². The number of carbonyl (C=O) groups is 2. The van der Waals surface area contributed by atoms with E-state index in [4.69, 9.17) is 9.47 Å². The minimum atomic E-state index is -0.570. The normalized spacial score (nSPS) is 24.3. The number of carbonyl (C=O) groups excluding carboxylic acids is 2. The molecule has 0 unspecified atom stereocenters. The monoisotopic (exact) mass is 394 g/mol. The molecule has 28 heavy (non-hydrogen) atoms. The Kier molecular flexibility index (Phi) is 10.2. The number of methoxy groups -OCH3 is 1. The molecule has 2 fully saturated rings. The van der Waals surface area contributed by atoms with Crippen molar-refractivity contribution in [3.8, 4) is 0 Å². The molecule has 1 aliphatic carbocycles. The second-order valence-electron chi connectivity index (χ2n) is 8.13. The van der Waals surface area contributed by atoms with Crippen LogP contribution in [0.5, 0.6) is 0 Å². The molecule has 2 rings (SSSR count). The summed E-state index contributed by atoms with van der Waals surface area (Å²) in [6.45, 7) is 3.49. The molecule has 1 saturated heterocycles. The van der Waals surface area contributed by atoms with Gasteiger partial charge in [0.15, 0.2) is 5.79 Å². The van der Waals surface area contributed by atoms with Crippen molar-refractivity contribution < 1.29 is 23.8 Å². The maximum atomic E-state index is 12.4. The zero-order valence-electron chi connectivity index (χ0n) is 17.8. The largest absolute Gasteiger partial charge is 0.469 e. The van der Waals surface area contributed by atoms with E-state index in [1.807, 2.05) is 0 Å². The quantitative estimate of drug-likeness (QED) is 0.251. The molecule has 0 N–H and O–H groups in total. The molecule has 0 bridgehead atoms. The molecule has 2 aliphatic rings. The third-order valence-electron chi connectivity index (χ3n) is 6.03. The zero-order chi connectivity index (χ0) is 20.2. The van der Waals surface area contributed by atoms with E-state index in [9.17, 15) is 9.59 Å². The average Bonchev–Trinajstić information content (AvgIpc) is 3.30. The highest BCUT2D eigenvalue weighted by Gasteiger charge is 2.36. The number of ether oxygens (including phenoxy) is 3. The summed E-state index contributed by atoms with van der Waals surface area (Å²) in [5.41, 5.74) is 0. The van der Waals surface area contributed by atoms with Gasteiger partial charge in [0.05, 0.1) is 20.3 Å². The van der Waals surface area contributed by atoms with Crippen molar-refractivity contribution in [3.63, 3.8) is 0 Å². The summed E-state index contributed by atoms with van der Waals surface area (Å²) in [5.74, 6) is 0.126. The maximum absolute atomic E-state index is 12.4. The Balaban J connectivity index is 1.78. The number of allylic oxidation sites excluding steroid dienone is 1. The summed E-state index contributed by atoms with van der Waals surface area (Å²) in [6.07, 6.45) is 15.7. The van der Waals surface area contributed by atoms with Crippen LogP contribution in [0.25, 0.3) is 0 Å². The van der Waals surface area contributed by atoms with Crippen LogP contribution in [0.4, 0.5) is 0 Å². The van der Waals surface area contributed by atoms with Crippen LogP contribution in [0.15, 0.2) is 12.2 Å². The minimum absolute atomic E-state index is 0.131. The van der Waals surface area contributed by atoms with E-state index < -0.39 is 5.79 Å². The van der Waals surface area contributed by atoms with E-state index in [0.29, 0.717) is 37.8 Å². The van der Waals surface area contributed by atoms with E-state index in [0.717, 1.165) is 51.4 Å². The first-order valence-corrected chi connectivity index (χ1v) is 11.2. The molecule has 0 aromatic carbocycles. The van der Waals surface area contributed by atoms with Crippen LogP contribution in [0.2, 0.25) is 0 Å². The summed E-state index contributed by atoms with van der Waals surface area (Å²) < 4.78 is 16.5. The summed E-state index contributed by atoms with van der Waals surface area (Å²) >= 11 is 0. The minimum Gasteiger partial charge on any atom is -0.469 e. The molecule has 0 aromatic heterocycles. The van der Waals surface area contributed by atoms with Gasteiger partial charge in [-0.1, -0.05) is 45.1 Å². The predicted octanol–water partition coefficient (Wildman–Crippen LogP) is 4.97. The Bertz CT molecular complexity index is 507. The van der Waals surface area contributed by atoms with Gasteiger partial charge in [0.25, 0.3) is 0 Å². The van der Waals surface area contributed by atoms with Gasteiger partial charge in [-0.15, -0.1) is 0 Å². The number of rotatable bonds is 13. The van der Waals surface area contributed by atoms with Gasteiger partial charge in [-0.3, -0.25) is 9.59 Å². The van der Waals surface area contributed by atoms with Crippen molar-refractivity contribution in [2.75, 3.05) is 20.3 Å². The second-order valence-corrected chi connectivity index (χ2v) is 8.13. The number of ketones is 1. The lowest BCUT2D eigenvalue weighted by Gasteiger charge is -2.25. The Hall–Kier alpha value is -1.20. The number of hydrogen-bond acceptors (Lipinski definition) is 5. The highest BCUT2D eigenvalue weighted by Crippen LogP contribution is 2.36. The third kappa shape index (κ3) is 7.32. The van der Waals surface area contributed by atoms with Crippen molar-refractivity contribution in [2.24, 2.45) is 11.8 Å². The van der Waals surface area contributed by atoms with Crippen LogP contribution in [0.1, 0.15) is 84.0 Å². The molecule has 160 valence electrons. The summed E-state index contributed by atoms with van der Waals surface area (Å²) in [4.78, 5) is 23.5. The van der Waals surface area contributed by atoms with Gasteiger partial charge < -0.3 is 14.2 Å². The molecular weight excluding hydrogens is 356 g/mol. The van der Waals surface area contributed by atoms with Gasteiger partial charge in [-0.25, -0.2) is 0 Å². The van der Waals surface area contributed by atoms with Crippen molar-refractivity contribution in [1.82, 2.24) is 0 Å². The molecular formula is C23H38O5. The van der Waals surface area contributed by atoms with Gasteiger partial charge in [0.2, 0.25) is 0 Å². The lowest BCUT2D eigenvalue weighted by molar-refractivity contribution is -0.140. The van der Waals surface area contributed by atoms with Crippen LogP contribution in [-0.4, -0.2) is 37.9 Å². The van der Waals surface area contributed by atoms with E-state index in [-0.39, 0.29) is 11.9 Å². The van der Waals surface area contributed by atoms with Gasteiger partial charge >= 0.3 is 5.97 Å². The maximum Gasteiger partial charge on any atom is 0.305 e.